The van der Waals surface area contributed by atoms with Gasteiger partial charge < -0.3 is 4.74 Å². The van der Waals surface area contributed by atoms with Crippen molar-refractivity contribution in [2.24, 2.45) is 0 Å². The molecule has 0 saturated heterocycles. The first-order chi connectivity index (χ1) is 6.24. The molecule has 0 saturated carbocycles. The first-order valence-electron chi connectivity index (χ1n) is 5.44. The zero-order valence-electron chi connectivity index (χ0n) is 9.14. The van der Waals surface area contributed by atoms with Gasteiger partial charge in [0.2, 0.25) is 0 Å². The van der Waals surface area contributed by atoms with Gasteiger partial charge in [0, 0.05) is 6.42 Å². The largest absolute Gasteiger partial charge is 0.462 e. The second kappa shape index (κ2) is 8.09. The lowest BCUT2D eigenvalue weighted by Gasteiger charge is -2.15. The number of carbonyl (C=O) groups is 1. The van der Waals surface area contributed by atoms with E-state index in [0.717, 1.165) is 12.8 Å². The van der Waals surface area contributed by atoms with Crippen molar-refractivity contribution < 1.29 is 9.53 Å². The molecule has 0 spiro atoms. The van der Waals surface area contributed by atoms with Gasteiger partial charge in [-0.1, -0.05) is 33.6 Å². The Morgan fingerprint density at radius 2 is 1.92 bits per heavy atom. The van der Waals surface area contributed by atoms with E-state index in [0.29, 0.717) is 6.42 Å². The fraction of sp³-hybridized carbons (Fsp3) is 0.909. The lowest BCUT2D eigenvalue weighted by atomic mass is 10.1. The number of hydrogen-bond acceptors (Lipinski definition) is 2. The summed E-state index contributed by atoms with van der Waals surface area (Å²) in [5, 5.41) is 0. The number of rotatable bonds is 7. The summed E-state index contributed by atoms with van der Waals surface area (Å²) < 4.78 is 5.26. The Balaban J connectivity index is 3.56. The quantitative estimate of drug-likeness (QED) is 0.450. The molecule has 2 nitrogen and oxygen atoms in total. The molecule has 78 valence electrons. The van der Waals surface area contributed by atoms with E-state index in [1.54, 1.807) is 0 Å². The first-order valence-corrected chi connectivity index (χ1v) is 5.44. The fourth-order valence-corrected chi connectivity index (χ4v) is 1.24. The molecule has 0 aromatic carbocycles. The zero-order chi connectivity index (χ0) is 10.1. The van der Waals surface area contributed by atoms with E-state index in [9.17, 15) is 4.79 Å². The monoisotopic (exact) mass is 186 g/mol. The van der Waals surface area contributed by atoms with E-state index < -0.39 is 0 Å². The molecule has 0 N–H and O–H groups in total. The molecular weight excluding hydrogens is 164 g/mol. The lowest BCUT2D eigenvalue weighted by molar-refractivity contribution is -0.149. The van der Waals surface area contributed by atoms with E-state index in [1.165, 1.54) is 19.3 Å². The standard InChI is InChI=1S/C11H22O2/c1-4-7-8-9-10(5-2)13-11(12)6-3/h10H,4-9H2,1-3H3. The van der Waals surface area contributed by atoms with Gasteiger partial charge in [0.25, 0.3) is 0 Å². The first kappa shape index (κ1) is 12.5. The van der Waals surface area contributed by atoms with Crippen molar-refractivity contribution in [3.8, 4) is 0 Å². The molecule has 0 fully saturated rings. The summed E-state index contributed by atoms with van der Waals surface area (Å²) in [6.45, 7) is 6.08. The maximum atomic E-state index is 11.0. The van der Waals surface area contributed by atoms with Gasteiger partial charge in [-0.15, -0.1) is 0 Å². The van der Waals surface area contributed by atoms with Crippen molar-refractivity contribution in [1.29, 1.82) is 0 Å². The molecule has 0 amide bonds. The van der Waals surface area contributed by atoms with Crippen LogP contribution < -0.4 is 0 Å². The minimum atomic E-state index is -0.0663. The Morgan fingerprint density at radius 3 is 2.38 bits per heavy atom. The van der Waals surface area contributed by atoms with Crippen molar-refractivity contribution in [3.05, 3.63) is 0 Å². The van der Waals surface area contributed by atoms with Crippen LogP contribution in [0.2, 0.25) is 0 Å². The van der Waals surface area contributed by atoms with Crippen LogP contribution in [0.1, 0.15) is 59.3 Å². The fourth-order valence-electron chi connectivity index (χ4n) is 1.24. The average Bonchev–Trinajstić information content (AvgIpc) is 2.16. The third-order valence-electron chi connectivity index (χ3n) is 2.17. The van der Waals surface area contributed by atoms with Crippen LogP contribution in [-0.2, 0) is 9.53 Å². The van der Waals surface area contributed by atoms with E-state index in [-0.39, 0.29) is 12.1 Å². The molecule has 1 unspecified atom stereocenters. The van der Waals surface area contributed by atoms with Crippen LogP contribution in [0.3, 0.4) is 0 Å². The lowest BCUT2D eigenvalue weighted by Crippen LogP contribution is -2.16. The molecule has 0 aromatic heterocycles. The number of ether oxygens (including phenoxy) is 1. The highest BCUT2D eigenvalue weighted by molar-refractivity contribution is 5.69. The summed E-state index contributed by atoms with van der Waals surface area (Å²) in [5.74, 6) is -0.0663. The third-order valence-corrected chi connectivity index (χ3v) is 2.17. The maximum Gasteiger partial charge on any atom is 0.305 e. The minimum Gasteiger partial charge on any atom is -0.462 e. The summed E-state index contributed by atoms with van der Waals surface area (Å²) >= 11 is 0. The van der Waals surface area contributed by atoms with Gasteiger partial charge in [-0.05, 0) is 19.3 Å². The van der Waals surface area contributed by atoms with Crippen LogP contribution in [0.15, 0.2) is 0 Å². The van der Waals surface area contributed by atoms with Crippen molar-refractivity contribution in [1.82, 2.24) is 0 Å². The van der Waals surface area contributed by atoms with Crippen molar-refractivity contribution in [2.45, 2.75) is 65.4 Å². The molecule has 0 rings (SSSR count). The molecule has 0 aliphatic carbocycles. The van der Waals surface area contributed by atoms with Crippen LogP contribution in [0.25, 0.3) is 0 Å². The molecule has 0 aromatic rings. The van der Waals surface area contributed by atoms with Gasteiger partial charge in [-0.3, -0.25) is 4.79 Å². The Morgan fingerprint density at radius 1 is 1.23 bits per heavy atom. The van der Waals surface area contributed by atoms with Crippen LogP contribution in [-0.4, -0.2) is 12.1 Å². The van der Waals surface area contributed by atoms with Gasteiger partial charge in [-0.2, -0.15) is 0 Å². The second-order valence-electron chi connectivity index (χ2n) is 3.37. The highest BCUT2D eigenvalue weighted by Crippen LogP contribution is 2.10. The highest BCUT2D eigenvalue weighted by Gasteiger charge is 2.09. The van der Waals surface area contributed by atoms with Crippen LogP contribution >= 0.6 is 0 Å². The Labute approximate surface area is 81.7 Å². The molecule has 1 atom stereocenters. The van der Waals surface area contributed by atoms with Crippen molar-refractivity contribution in [3.63, 3.8) is 0 Å². The normalized spacial score (nSPS) is 12.5. The van der Waals surface area contributed by atoms with E-state index in [1.807, 2.05) is 6.92 Å². The highest BCUT2D eigenvalue weighted by atomic mass is 16.5. The van der Waals surface area contributed by atoms with Crippen molar-refractivity contribution >= 4 is 5.97 Å². The van der Waals surface area contributed by atoms with Gasteiger partial charge in [0.05, 0.1) is 0 Å². The smallest absolute Gasteiger partial charge is 0.305 e. The predicted octanol–water partition coefficient (Wildman–Crippen LogP) is 3.30. The average molecular weight is 186 g/mol. The summed E-state index contributed by atoms with van der Waals surface area (Å²) in [4.78, 5) is 11.0. The molecule has 0 bridgehead atoms. The van der Waals surface area contributed by atoms with Crippen LogP contribution in [0.4, 0.5) is 0 Å². The number of unbranched alkanes of at least 4 members (excludes halogenated alkanes) is 2. The SMILES string of the molecule is CCCCCC(CC)OC(=O)CC. The molecule has 0 radical (unpaired) electrons. The maximum absolute atomic E-state index is 11.0. The minimum absolute atomic E-state index is 0.0663. The Hall–Kier alpha value is -0.530. The summed E-state index contributed by atoms with van der Waals surface area (Å²) in [5.41, 5.74) is 0. The van der Waals surface area contributed by atoms with Gasteiger partial charge in [-0.25, -0.2) is 0 Å². The summed E-state index contributed by atoms with van der Waals surface area (Å²) in [6, 6.07) is 0. The zero-order valence-corrected chi connectivity index (χ0v) is 9.14. The van der Waals surface area contributed by atoms with Crippen LogP contribution in [0, 0.1) is 0 Å². The Bertz CT molecular complexity index is 132. The topological polar surface area (TPSA) is 26.3 Å². The van der Waals surface area contributed by atoms with E-state index >= 15 is 0 Å². The number of carbonyl (C=O) groups excluding carboxylic acids is 1. The number of esters is 1. The van der Waals surface area contributed by atoms with Gasteiger partial charge >= 0.3 is 5.97 Å². The van der Waals surface area contributed by atoms with Gasteiger partial charge in [0.15, 0.2) is 0 Å². The van der Waals surface area contributed by atoms with Gasteiger partial charge in [0.1, 0.15) is 6.10 Å². The molecule has 0 heterocycles. The Kier molecular flexibility index (Phi) is 7.76. The molecular formula is C11H22O2. The van der Waals surface area contributed by atoms with E-state index in [2.05, 4.69) is 13.8 Å². The predicted molar refractivity (Wildman–Crippen MR) is 54.6 cm³/mol. The summed E-state index contributed by atoms with van der Waals surface area (Å²) in [7, 11) is 0. The molecule has 0 aliphatic rings. The van der Waals surface area contributed by atoms with Crippen LogP contribution in [0.5, 0.6) is 0 Å². The molecule has 0 aliphatic heterocycles. The third kappa shape index (κ3) is 6.62. The number of hydrogen-bond donors (Lipinski definition) is 0. The van der Waals surface area contributed by atoms with E-state index in [4.69, 9.17) is 4.74 Å². The summed E-state index contributed by atoms with van der Waals surface area (Å²) in [6.07, 6.45) is 6.24. The second-order valence-corrected chi connectivity index (χ2v) is 3.37. The molecule has 2 heteroatoms. The molecule has 13 heavy (non-hydrogen) atoms. The van der Waals surface area contributed by atoms with Crippen molar-refractivity contribution in [2.75, 3.05) is 0 Å².